The van der Waals surface area contributed by atoms with Crippen molar-refractivity contribution in [2.24, 2.45) is 0 Å². The number of aliphatic hydroxyl groups is 1. The highest BCUT2D eigenvalue weighted by Crippen LogP contribution is 2.26. The quantitative estimate of drug-likeness (QED) is 0.816. The molecule has 1 aromatic carbocycles. The van der Waals surface area contributed by atoms with E-state index in [0.29, 0.717) is 6.54 Å². The van der Waals surface area contributed by atoms with Crippen LogP contribution in [0.5, 0.6) is 0 Å². The summed E-state index contributed by atoms with van der Waals surface area (Å²) in [6, 6.07) is 8.84. The zero-order valence-corrected chi connectivity index (χ0v) is 13.9. The van der Waals surface area contributed by atoms with Crippen molar-refractivity contribution in [1.82, 2.24) is 5.32 Å². The van der Waals surface area contributed by atoms with Gasteiger partial charge in [0.2, 0.25) is 0 Å². The Kier molecular flexibility index (Phi) is 5.45. The summed E-state index contributed by atoms with van der Waals surface area (Å²) >= 11 is 0. The molecule has 1 aliphatic rings. The van der Waals surface area contributed by atoms with Crippen LogP contribution in [0.4, 0.5) is 0 Å². The van der Waals surface area contributed by atoms with Crippen LogP contribution < -0.4 is 5.32 Å². The minimum Gasteiger partial charge on any atom is -0.389 e. The van der Waals surface area contributed by atoms with Crippen molar-refractivity contribution in [3.05, 3.63) is 35.4 Å². The normalized spacial score (nSPS) is 19.2. The molecule has 0 saturated heterocycles. The molecule has 21 heavy (non-hydrogen) atoms. The second-order valence-electron chi connectivity index (χ2n) is 7.69. The fraction of sp³-hybridized carbons (Fsp3) is 0.684. The van der Waals surface area contributed by atoms with Crippen LogP contribution in [-0.4, -0.2) is 17.3 Å². The molecule has 2 heteroatoms. The number of hydrogen-bond donors (Lipinski definition) is 2. The maximum atomic E-state index is 10.6. The van der Waals surface area contributed by atoms with Gasteiger partial charge in [-0.2, -0.15) is 0 Å². The van der Waals surface area contributed by atoms with E-state index >= 15 is 0 Å². The lowest BCUT2D eigenvalue weighted by atomic mass is 9.87. The van der Waals surface area contributed by atoms with Gasteiger partial charge in [-0.15, -0.1) is 0 Å². The molecule has 118 valence electrons. The molecule has 1 aliphatic carbocycles. The van der Waals surface area contributed by atoms with Crippen LogP contribution in [0, 0.1) is 0 Å². The second-order valence-corrected chi connectivity index (χ2v) is 7.69. The molecule has 2 rings (SSSR count). The zero-order chi connectivity index (χ0) is 15.3. The van der Waals surface area contributed by atoms with Gasteiger partial charge in [-0.25, -0.2) is 0 Å². The van der Waals surface area contributed by atoms with Gasteiger partial charge in [0.25, 0.3) is 0 Å². The molecule has 0 bridgehead atoms. The summed E-state index contributed by atoms with van der Waals surface area (Å²) in [4.78, 5) is 0. The Morgan fingerprint density at radius 2 is 1.57 bits per heavy atom. The molecule has 0 aliphatic heterocycles. The highest BCUT2D eigenvalue weighted by molar-refractivity contribution is 5.27. The third kappa shape index (κ3) is 5.12. The minimum atomic E-state index is -0.484. The summed E-state index contributed by atoms with van der Waals surface area (Å²) in [6.07, 6.45) is 6.77. The smallest absolute Gasteiger partial charge is 0.0771 e. The molecule has 0 unspecified atom stereocenters. The van der Waals surface area contributed by atoms with Crippen molar-refractivity contribution in [3.8, 4) is 0 Å². The molecule has 1 fully saturated rings. The molecule has 2 nitrogen and oxygen atoms in total. The van der Waals surface area contributed by atoms with E-state index in [1.54, 1.807) is 0 Å². The van der Waals surface area contributed by atoms with E-state index in [1.165, 1.54) is 36.8 Å². The maximum Gasteiger partial charge on any atom is 0.0771 e. The summed E-state index contributed by atoms with van der Waals surface area (Å²) in [5.41, 5.74) is 2.39. The fourth-order valence-electron chi connectivity index (χ4n) is 3.13. The first-order valence-electron chi connectivity index (χ1n) is 8.42. The van der Waals surface area contributed by atoms with E-state index in [4.69, 9.17) is 0 Å². The highest BCUT2D eigenvalue weighted by atomic mass is 16.3. The van der Waals surface area contributed by atoms with Crippen molar-refractivity contribution in [2.75, 3.05) is 6.54 Å². The lowest BCUT2D eigenvalue weighted by Gasteiger charge is -2.27. The standard InChI is InChI=1S/C19H31NO/c1-18(2,3)17-10-8-16(9-11-17)14-20-15-19(21)12-6-4-5-7-13-19/h8-11,20-21H,4-7,12-15H2,1-3H3. The first kappa shape index (κ1) is 16.5. The Bertz CT molecular complexity index is 422. The molecule has 0 atom stereocenters. The van der Waals surface area contributed by atoms with E-state index in [2.05, 4.69) is 50.4 Å². The summed E-state index contributed by atoms with van der Waals surface area (Å²) < 4.78 is 0. The SMILES string of the molecule is CC(C)(C)c1ccc(CNCC2(O)CCCCCC2)cc1. The van der Waals surface area contributed by atoms with Crippen LogP contribution >= 0.6 is 0 Å². The van der Waals surface area contributed by atoms with Crippen LogP contribution in [0.2, 0.25) is 0 Å². The molecule has 0 radical (unpaired) electrons. The highest BCUT2D eigenvalue weighted by Gasteiger charge is 2.27. The van der Waals surface area contributed by atoms with Crippen LogP contribution in [0.25, 0.3) is 0 Å². The van der Waals surface area contributed by atoms with Gasteiger partial charge in [0.05, 0.1) is 5.60 Å². The number of hydrogen-bond acceptors (Lipinski definition) is 2. The average molecular weight is 289 g/mol. The van der Waals surface area contributed by atoms with Gasteiger partial charge >= 0.3 is 0 Å². The minimum absolute atomic E-state index is 0.210. The van der Waals surface area contributed by atoms with Crippen molar-refractivity contribution in [2.45, 2.75) is 76.9 Å². The molecule has 0 aromatic heterocycles. The lowest BCUT2D eigenvalue weighted by Crippen LogP contribution is -2.39. The predicted octanol–water partition coefficient (Wildman–Crippen LogP) is 4.16. The van der Waals surface area contributed by atoms with Crippen LogP contribution in [-0.2, 0) is 12.0 Å². The van der Waals surface area contributed by atoms with Gasteiger partial charge in [0.15, 0.2) is 0 Å². The van der Waals surface area contributed by atoms with Gasteiger partial charge in [0.1, 0.15) is 0 Å². The number of benzene rings is 1. The van der Waals surface area contributed by atoms with Gasteiger partial charge in [-0.1, -0.05) is 70.7 Å². The molecule has 2 N–H and O–H groups in total. The van der Waals surface area contributed by atoms with Crippen molar-refractivity contribution >= 4 is 0 Å². The van der Waals surface area contributed by atoms with Crippen molar-refractivity contribution in [1.29, 1.82) is 0 Å². The Hall–Kier alpha value is -0.860. The lowest BCUT2D eigenvalue weighted by molar-refractivity contribution is 0.0250. The van der Waals surface area contributed by atoms with E-state index in [1.807, 2.05) is 0 Å². The van der Waals surface area contributed by atoms with Crippen LogP contribution in [0.3, 0.4) is 0 Å². The molecular weight excluding hydrogens is 258 g/mol. The number of nitrogens with one attached hydrogen (secondary N) is 1. The summed E-state index contributed by atoms with van der Waals surface area (Å²) in [5.74, 6) is 0. The Morgan fingerprint density at radius 1 is 1.00 bits per heavy atom. The van der Waals surface area contributed by atoms with E-state index in [0.717, 1.165) is 19.4 Å². The van der Waals surface area contributed by atoms with Gasteiger partial charge < -0.3 is 10.4 Å². The number of rotatable bonds is 4. The largest absolute Gasteiger partial charge is 0.389 e. The zero-order valence-electron chi connectivity index (χ0n) is 13.9. The first-order valence-corrected chi connectivity index (χ1v) is 8.42. The van der Waals surface area contributed by atoms with E-state index < -0.39 is 5.60 Å². The second kappa shape index (κ2) is 6.93. The molecule has 0 heterocycles. The summed E-state index contributed by atoms with van der Waals surface area (Å²) in [6.45, 7) is 8.27. The van der Waals surface area contributed by atoms with Crippen LogP contribution in [0.1, 0.15) is 70.4 Å². The third-order valence-corrected chi connectivity index (χ3v) is 4.64. The Balaban J connectivity index is 1.83. The molecule has 0 amide bonds. The molecule has 0 spiro atoms. The van der Waals surface area contributed by atoms with E-state index in [9.17, 15) is 5.11 Å². The summed E-state index contributed by atoms with van der Waals surface area (Å²) in [5, 5.41) is 14.1. The summed E-state index contributed by atoms with van der Waals surface area (Å²) in [7, 11) is 0. The maximum absolute atomic E-state index is 10.6. The van der Waals surface area contributed by atoms with Gasteiger partial charge in [-0.05, 0) is 29.4 Å². The average Bonchev–Trinajstić information content (AvgIpc) is 2.63. The molecular formula is C19H31NO. The van der Waals surface area contributed by atoms with E-state index in [-0.39, 0.29) is 5.41 Å². The van der Waals surface area contributed by atoms with Gasteiger partial charge in [0, 0.05) is 13.1 Å². The Labute approximate surface area is 130 Å². The monoisotopic (exact) mass is 289 g/mol. The van der Waals surface area contributed by atoms with Crippen molar-refractivity contribution in [3.63, 3.8) is 0 Å². The fourth-order valence-corrected chi connectivity index (χ4v) is 3.13. The molecule has 1 saturated carbocycles. The van der Waals surface area contributed by atoms with Gasteiger partial charge in [-0.3, -0.25) is 0 Å². The Morgan fingerprint density at radius 3 is 2.10 bits per heavy atom. The predicted molar refractivity (Wildman–Crippen MR) is 89.5 cm³/mol. The topological polar surface area (TPSA) is 32.3 Å². The van der Waals surface area contributed by atoms with Crippen molar-refractivity contribution < 1.29 is 5.11 Å². The third-order valence-electron chi connectivity index (χ3n) is 4.64. The first-order chi connectivity index (χ1) is 9.89. The van der Waals surface area contributed by atoms with Crippen LogP contribution in [0.15, 0.2) is 24.3 Å². The molecule has 1 aromatic rings.